The van der Waals surface area contributed by atoms with Gasteiger partial charge in [-0.1, -0.05) is 25.0 Å². The van der Waals surface area contributed by atoms with E-state index in [2.05, 4.69) is 0 Å². The molecule has 0 saturated heterocycles. The zero-order valence-electron chi connectivity index (χ0n) is 10.6. The van der Waals surface area contributed by atoms with E-state index in [9.17, 15) is 9.50 Å². The zero-order valence-corrected chi connectivity index (χ0v) is 10.6. The van der Waals surface area contributed by atoms with Crippen LogP contribution in [0.25, 0.3) is 0 Å². The van der Waals surface area contributed by atoms with E-state index in [1.807, 2.05) is 0 Å². The standard InChI is InChI=1S/C14H20FNO2/c1-18-11-8-4-7-10(12(11)15)13(16)14(17)9-5-2-3-6-9/h4,7-9,13-14,17H,2-3,5-6,16H2,1H3/t13-,14+/m1/s1. The van der Waals surface area contributed by atoms with Crippen LogP contribution in [0.1, 0.15) is 37.3 Å². The SMILES string of the molecule is COc1cccc([C@@H](N)[C@@H](O)C2CCCC2)c1F. The number of nitrogens with two attached hydrogens (primary N) is 1. The lowest BCUT2D eigenvalue weighted by molar-refractivity contribution is 0.0831. The van der Waals surface area contributed by atoms with Crippen LogP contribution in [0.15, 0.2) is 18.2 Å². The number of hydrogen-bond donors (Lipinski definition) is 2. The highest BCUT2D eigenvalue weighted by atomic mass is 19.1. The predicted octanol–water partition coefficient (Wildman–Crippen LogP) is 2.39. The molecule has 0 unspecified atom stereocenters. The molecule has 3 N–H and O–H groups in total. The number of halogens is 1. The smallest absolute Gasteiger partial charge is 0.169 e. The first kappa shape index (κ1) is 13.3. The van der Waals surface area contributed by atoms with Gasteiger partial charge in [-0.05, 0) is 24.8 Å². The van der Waals surface area contributed by atoms with Crippen molar-refractivity contribution in [2.75, 3.05) is 7.11 Å². The summed E-state index contributed by atoms with van der Waals surface area (Å²) in [7, 11) is 1.42. The lowest BCUT2D eigenvalue weighted by Gasteiger charge is -2.25. The van der Waals surface area contributed by atoms with E-state index in [4.69, 9.17) is 10.5 Å². The Balaban J connectivity index is 2.19. The fourth-order valence-electron chi connectivity index (χ4n) is 2.72. The third-order valence-electron chi connectivity index (χ3n) is 3.82. The van der Waals surface area contributed by atoms with Crippen LogP contribution in [-0.2, 0) is 0 Å². The highest BCUT2D eigenvalue weighted by Crippen LogP contribution is 2.34. The summed E-state index contributed by atoms with van der Waals surface area (Å²) in [5.74, 6) is -0.114. The van der Waals surface area contributed by atoms with E-state index in [1.54, 1.807) is 18.2 Å². The first-order valence-electron chi connectivity index (χ1n) is 6.41. The molecular weight excluding hydrogens is 233 g/mol. The van der Waals surface area contributed by atoms with Crippen molar-refractivity contribution in [1.82, 2.24) is 0 Å². The lowest BCUT2D eigenvalue weighted by Crippen LogP contribution is -2.32. The Kier molecular flexibility index (Phi) is 4.19. The van der Waals surface area contributed by atoms with E-state index >= 15 is 0 Å². The number of rotatable bonds is 4. The summed E-state index contributed by atoms with van der Waals surface area (Å²) in [6, 6.07) is 4.16. The average Bonchev–Trinajstić information content (AvgIpc) is 2.91. The summed E-state index contributed by atoms with van der Waals surface area (Å²) in [5.41, 5.74) is 6.32. The normalized spacial score (nSPS) is 19.8. The number of ether oxygens (including phenoxy) is 1. The molecule has 1 aromatic carbocycles. The van der Waals surface area contributed by atoms with Gasteiger partial charge in [-0.25, -0.2) is 4.39 Å². The van der Waals surface area contributed by atoms with Gasteiger partial charge in [0, 0.05) is 5.56 Å². The quantitative estimate of drug-likeness (QED) is 0.866. The van der Waals surface area contributed by atoms with E-state index in [0.29, 0.717) is 5.56 Å². The third kappa shape index (κ3) is 2.49. The second-order valence-electron chi connectivity index (χ2n) is 4.92. The summed E-state index contributed by atoms with van der Waals surface area (Å²) in [6.45, 7) is 0. The van der Waals surface area contributed by atoms with Crippen LogP contribution < -0.4 is 10.5 Å². The summed E-state index contributed by atoms with van der Waals surface area (Å²) in [6.07, 6.45) is 3.50. The van der Waals surface area contributed by atoms with E-state index in [-0.39, 0.29) is 11.7 Å². The third-order valence-corrected chi connectivity index (χ3v) is 3.82. The molecule has 0 aliphatic heterocycles. The average molecular weight is 253 g/mol. The van der Waals surface area contributed by atoms with Gasteiger partial charge in [-0.2, -0.15) is 0 Å². The molecule has 4 heteroatoms. The Morgan fingerprint density at radius 2 is 2.06 bits per heavy atom. The molecule has 0 aromatic heterocycles. The van der Waals surface area contributed by atoms with Crippen LogP contribution in [0.2, 0.25) is 0 Å². The number of aliphatic hydroxyl groups excluding tert-OH is 1. The zero-order chi connectivity index (χ0) is 13.1. The topological polar surface area (TPSA) is 55.5 Å². The number of aliphatic hydroxyl groups is 1. The highest BCUT2D eigenvalue weighted by Gasteiger charge is 2.30. The van der Waals surface area contributed by atoms with Gasteiger partial charge in [0.1, 0.15) is 0 Å². The molecule has 0 amide bonds. The van der Waals surface area contributed by atoms with Gasteiger partial charge in [0.25, 0.3) is 0 Å². The van der Waals surface area contributed by atoms with Crippen molar-refractivity contribution in [3.05, 3.63) is 29.6 Å². The van der Waals surface area contributed by atoms with Crippen LogP contribution in [0, 0.1) is 11.7 Å². The minimum atomic E-state index is -0.691. The Morgan fingerprint density at radius 1 is 1.39 bits per heavy atom. The Bertz CT molecular complexity index is 405. The molecule has 1 aromatic rings. The summed E-state index contributed by atoms with van der Waals surface area (Å²) < 4.78 is 19.0. The molecule has 1 aliphatic carbocycles. The molecule has 0 spiro atoms. The number of hydrogen-bond acceptors (Lipinski definition) is 3. The Morgan fingerprint density at radius 3 is 2.67 bits per heavy atom. The van der Waals surface area contributed by atoms with Crippen LogP contribution >= 0.6 is 0 Å². The van der Waals surface area contributed by atoms with Crippen LogP contribution in [0.5, 0.6) is 5.75 Å². The Labute approximate surface area is 107 Å². The second-order valence-corrected chi connectivity index (χ2v) is 4.92. The van der Waals surface area contributed by atoms with Gasteiger partial charge in [-0.15, -0.1) is 0 Å². The fourth-order valence-corrected chi connectivity index (χ4v) is 2.72. The van der Waals surface area contributed by atoms with Crippen molar-refractivity contribution in [2.24, 2.45) is 11.7 Å². The largest absolute Gasteiger partial charge is 0.494 e. The van der Waals surface area contributed by atoms with Crippen molar-refractivity contribution in [2.45, 2.75) is 37.8 Å². The predicted molar refractivity (Wildman–Crippen MR) is 67.8 cm³/mol. The van der Waals surface area contributed by atoms with Gasteiger partial charge in [0.05, 0.1) is 19.3 Å². The Hall–Kier alpha value is -1.13. The molecule has 3 nitrogen and oxygen atoms in total. The van der Waals surface area contributed by atoms with E-state index in [0.717, 1.165) is 25.7 Å². The maximum absolute atomic E-state index is 14.1. The van der Waals surface area contributed by atoms with Crippen molar-refractivity contribution in [3.63, 3.8) is 0 Å². The van der Waals surface area contributed by atoms with E-state index < -0.39 is 18.0 Å². The molecule has 100 valence electrons. The molecule has 0 radical (unpaired) electrons. The molecule has 0 heterocycles. The molecule has 2 atom stereocenters. The first-order chi connectivity index (χ1) is 8.65. The monoisotopic (exact) mass is 253 g/mol. The molecule has 18 heavy (non-hydrogen) atoms. The molecule has 2 rings (SSSR count). The van der Waals surface area contributed by atoms with Gasteiger partial charge >= 0.3 is 0 Å². The van der Waals surface area contributed by atoms with Gasteiger partial charge < -0.3 is 15.6 Å². The molecule has 1 saturated carbocycles. The van der Waals surface area contributed by atoms with Gasteiger partial charge in [-0.3, -0.25) is 0 Å². The summed E-state index contributed by atoms with van der Waals surface area (Å²) in [4.78, 5) is 0. The fraction of sp³-hybridized carbons (Fsp3) is 0.571. The molecule has 0 bridgehead atoms. The van der Waals surface area contributed by atoms with Crippen LogP contribution in [0.4, 0.5) is 4.39 Å². The molecular formula is C14H20FNO2. The lowest BCUT2D eigenvalue weighted by atomic mass is 9.90. The number of methoxy groups -OCH3 is 1. The summed E-state index contributed by atoms with van der Waals surface area (Å²) in [5, 5.41) is 10.2. The second kappa shape index (κ2) is 5.67. The van der Waals surface area contributed by atoms with Crippen molar-refractivity contribution < 1.29 is 14.2 Å². The van der Waals surface area contributed by atoms with Crippen molar-refractivity contribution in [1.29, 1.82) is 0 Å². The van der Waals surface area contributed by atoms with E-state index in [1.165, 1.54) is 7.11 Å². The van der Waals surface area contributed by atoms with Crippen LogP contribution in [-0.4, -0.2) is 18.3 Å². The minimum Gasteiger partial charge on any atom is -0.494 e. The van der Waals surface area contributed by atoms with Gasteiger partial charge in [0.2, 0.25) is 0 Å². The van der Waals surface area contributed by atoms with Crippen LogP contribution in [0.3, 0.4) is 0 Å². The molecule has 1 fully saturated rings. The maximum Gasteiger partial charge on any atom is 0.169 e. The van der Waals surface area contributed by atoms with Crippen molar-refractivity contribution >= 4 is 0 Å². The van der Waals surface area contributed by atoms with Crippen molar-refractivity contribution in [3.8, 4) is 5.75 Å². The number of benzene rings is 1. The van der Waals surface area contributed by atoms with Gasteiger partial charge in [0.15, 0.2) is 11.6 Å². The minimum absolute atomic E-state index is 0.168. The summed E-state index contributed by atoms with van der Waals surface area (Å²) >= 11 is 0. The maximum atomic E-state index is 14.1. The molecule has 1 aliphatic rings. The first-order valence-corrected chi connectivity index (χ1v) is 6.41. The highest BCUT2D eigenvalue weighted by molar-refractivity contribution is 5.33.